The maximum Gasteiger partial charge on any atom is 0.453 e. The van der Waals surface area contributed by atoms with Crippen LogP contribution in [0, 0.1) is 0 Å². The Balaban J connectivity index is 1.47. The molecular weight excluding hydrogens is 483 g/mol. The second kappa shape index (κ2) is 9.98. The highest BCUT2D eigenvalue weighted by molar-refractivity contribution is 6.03. The molecule has 2 aliphatic rings. The van der Waals surface area contributed by atoms with E-state index in [0.717, 1.165) is 17.7 Å². The maximum absolute atomic E-state index is 13.0. The molecule has 1 aliphatic carbocycles. The van der Waals surface area contributed by atoms with Gasteiger partial charge < -0.3 is 29.4 Å². The van der Waals surface area contributed by atoms with Gasteiger partial charge in [0.2, 0.25) is 0 Å². The number of alkyl halides is 3. The number of ether oxygens (including phenoxy) is 4. The van der Waals surface area contributed by atoms with E-state index < -0.39 is 35.6 Å². The van der Waals surface area contributed by atoms with Crippen LogP contribution in [-0.4, -0.2) is 48.6 Å². The van der Waals surface area contributed by atoms with Gasteiger partial charge in [0, 0.05) is 18.2 Å². The number of aliphatic hydroxyl groups is 1. The molecule has 1 aliphatic heterocycles. The molecule has 0 fully saturated rings. The number of halogens is 3. The first kappa shape index (κ1) is 25.8. The number of rotatable bonds is 8. The second-order valence-electron chi connectivity index (χ2n) is 8.44. The number of benzene rings is 2. The zero-order valence-electron chi connectivity index (χ0n) is 19.7. The molecule has 2 atom stereocenters. The summed E-state index contributed by atoms with van der Waals surface area (Å²) < 4.78 is 60.4. The van der Waals surface area contributed by atoms with Crippen LogP contribution < -0.4 is 14.8 Å². The van der Waals surface area contributed by atoms with Crippen LogP contribution in [0.3, 0.4) is 0 Å². The Morgan fingerprint density at radius 3 is 2.44 bits per heavy atom. The van der Waals surface area contributed by atoms with E-state index in [4.69, 9.17) is 18.9 Å². The van der Waals surface area contributed by atoms with Crippen LogP contribution in [0.5, 0.6) is 11.5 Å². The van der Waals surface area contributed by atoms with Crippen LogP contribution in [0.25, 0.3) is 0 Å². The van der Waals surface area contributed by atoms with E-state index in [-0.39, 0.29) is 42.9 Å². The molecule has 2 aromatic carbocycles. The fraction of sp³-hybridized carbons (Fsp3) is 0.440. The quantitative estimate of drug-likeness (QED) is 0.414. The molecule has 0 radical (unpaired) electrons. The summed E-state index contributed by atoms with van der Waals surface area (Å²) in [5.74, 6) is -4.01. The summed E-state index contributed by atoms with van der Waals surface area (Å²) in [7, 11) is 0. The molecule has 0 amide bonds. The van der Waals surface area contributed by atoms with Crippen molar-refractivity contribution in [1.82, 2.24) is 5.32 Å². The molecule has 0 saturated carbocycles. The standard InChI is InChI=1S/C25H26F3NO7/c1-3-33-22(31)24(23(32)34-4-2)35-20-9-8-14-11-17(12-18(14)21(20)36-24)29-13-19(30)15-6-5-7-16(10-15)25(26,27)28/h5-10,17,19,29-30H,3-4,11-13H2,1-2H3/t17-,19-/m0/s1. The lowest BCUT2D eigenvalue weighted by Crippen LogP contribution is -2.56. The SMILES string of the molecule is CCOC(=O)C1(C(=O)OCC)Oc2ccc3c(c2O1)C[C@@H](NC[C@H](O)c1cccc(C(F)(F)F)c1)C3. The summed E-state index contributed by atoms with van der Waals surface area (Å²) >= 11 is 0. The minimum absolute atomic E-state index is 0.00135. The summed E-state index contributed by atoms with van der Waals surface area (Å²) in [4.78, 5) is 25.3. The Labute approximate surface area is 205 Å². The lowest BCUT2D eigenvalue weighted by Gasteiger charge is -2.22. The third kappa shape index (κ3) is 4.85. The molecule has 0 saturated heterocycles. The summed E-state index contributed by atoms with van der Waals surface area (Å²) in [5.41, 5.74) is 0.923. The molecule has 1 heterocycles. The molecule has 0 bridgehead atoms. The van der Waals surface area contributed by atoms with Crippen molar-refractivity contribution >= 4 is 11.9 Å². The van der Waals surface area contributed by atoms with Gasteiger partial charge in [-0.2, -0.15) is 13.2 Å². The van der Waals surface area contributed by atoms with Gasteiger partial charge in [-0.05, 0) is 56.0 Å². The van der Waals surface area contributed by atoms with Gasteiger partial charge in [0.05, 0.1) is 24.9 Å². The average Bonchev–Trinajstić information content (AvgIpc) is 3.44. The number of aliphatic hydroxyl groups excluding tert-OH is 1. The van der Waals surface area contributed by atoms with Crippen molar-refractivity contribution in [2.45, 2.75) is 50.8 Å². The first-order valence-electron chi connectivity index (χ1n) is 11.5. The van der Waals surface area contributed by atoms with Crippen LogP contribution in [0.4, 0.5) is 13.2 Å². The topological polar surface area (TPSA) is 103 Å². The molecule has 0 unspecified atom stereocenters. The highest BCUT2D eigenvalue weighted by Crippen LogP contribution is 2.47. The number of hydrogen-bond acceptors (Lipinski definition) is 8. The normalized spacial score (nSPS) is 18.4. The zero-order chi connectivity index (χ0) is 26.1. The summed E-state index contributed by atoms with van der Waals surface area (Å²) in [6.45, 7) is 3.19. The van der Waals surface area contributed by atoms with E-state index in [0.29, 0.717) is 18.4 Å². The predicted octanol–water partition coefficient (Wildman–Crippen LogP) is 3.09. The monoisotopic (exact) mass is 509 g/mol. The van der Waals surface area contributed by atoms with E-state index in [1.807, 2.05) is 0 Å². The second-order valence-corrected chi connectivity index (χ2v) is 8.44. The molecule has 11 heteroatoms. The van der Waals surface area contributed by atoms with Crippen molar-refractivity contribution in [1.29, 1.82) is 0 Å². The number of carbonyl (C=O) groups excluding carboxylic acids is 2. The summed E-state index contributed by atoms with van der Waals surface area (Å²) in [6, 6.07) is 7.78. The van der Waals surface area contributed by atoms with Crippen molar-refractivity contribution in [3.8, 4) is 11.5 Å². The van der Waals surface area contributed by atoms with Gasteiger partial charge in [-0.15, -0.1) is 0 Å². The van der Waals surface area contributed by atoms with Crippen LogP contribution in [0.1, 0.15) is 42.2 Å². The van der Waals surface area contributed by atoms with Gasteiger partial charge in [0.15, 0.2) is 11.5 Å². The Hall–Kier alpha value is -3.31. The fourth-order valence-corrected chi connectivity index (χ4v) is 4.32. The first-order chi connectivity index (χ1) is 17.1. The number of nitrogens with one attached hydrogen (secondary N) is 1. The lowest BCUT2D eigenvalue weighted by atomic mass is 10.1. The molecule has 2 N–H and O–H groups in total. The van der Waals surface area contributed by atoms with E-state index in [1.165, 1.54) is 12.1 Å². The van der Waals surface area contributed by atoms with Gasteiger partial charge in [0.25, 0.3) is 0 Å². The minimum atomic E-state index is -4.50. The predicted molar refractivity (Wildman–Crippen MR) is 119 cm³/mol. The molecule has 4 rings (SSSR count). The fourth-order valence-electron chi connectivity index (χ4n) is 4.32. The van der Waals surface area contributed by atoms with Crippen molar-refractivity contribution in [3.63, 3.8) is 0 Å². The van der Waals surface area contributed by atoms with Crippen LogP contribution in [0.2, 0.25) is 0 Å². The third-order valence-corrected chi connectivity index (χ3v) is 6.02. The van der Waals surface area contributed by atoms with Gasteiger partial charge >= 0.3 is 23.9 Å². The van der Waals surface area contributed by atoms with Crippen LogP contribution in [-0.2, 0) is 38.1 Å². The van der Waals surface area contributed by atoms with E-state index >= 15 is 0 Å². The Kier molecular flexibility index (Phi) is 7.14. The van der Waals surface area contributed by atoms with E-state index in [1.54, 1.807) is 26.0 Å². The Bertz CT molecular complexity index is 1130. The smallest absolute Gasteiger partial charge is 0.453 e. The van der Waals surface area contributed by atoms with Crippen molar-refractivity contribution in [3.05, 3.63) is 58.7 Å². The van der Waals surface area contributed by atoms with Gasteiger partial charge in [-0.1, -0.05) is 18.2 Å². The van der Waals surface area contributed by atoms with Crippen LogP contribution >= 0.6 is 0 Å². The van der Waals surface area contributed by atoms with Gasteiger partial charge in [-0.25, -0.2) is 9.59 Å². The first-order valence-corrected chi connectivity index (χ1v) is 11.5. The third-order valence-electron chi connectivity index (χ3n) is 6.02. The number of fused-ring (bicyclic) bond motifs is 3. The van der Waals surface area contributed by atoms with Crippen molar-refractivity contribution < 1.29 is 46.8 Å². The molecule has 2 aromatic rings. The zero-order valence-corrected chi connectivity index (χ0v) is 19.7. The van der Waals surface area contributed by atoms with Crippen molar-refractivity contribution in [2.24, 2.45) is 0 Å². The number of esters is 2. The molecule has 0 aromatic heterocycles. The van der Waals surface area contributed by atoms with E-state index in [2.05, 4.69) is 5.32 Å². The molecule has 0 spiro atoms. The van der Waals surface area contributed by atoms with Gasteiger partial charge in [-0.3, -0.25) is 0 Å². The largest absolute Gasteiger partial charge is 0.460 e. The minimum Gasteiger partial charge on any atom is -0.460 e. The lowest BCUT2D eigenvalue weighted by molar-refractivity contribution is -0.202. The number of carbonyl (C=O) groups is 2. The summed E-state index contributed by atoms with van der Waals surface area (Å²) in [5, 5.41) is 13.6. The molecule has 36 heavy (non-hydrogen) atoms. The van der Waals surface area contributed by atoms with E-state index in [9.17, 15) is 27.9 Å². The summed E-state index contributed by atoms with van der Waals surface area (Å²) in [6.07, 6.45) is -4.70. The maximum atomic E-state index is 13.0. The molecule has 8 nitrogen and oxygen atoms in total. The Morgan fingerprint density at radius 1 is 1.11 bits per heavy atom. The highest BCUT2D eigenvalue weighted by Gasteiger charge is 2.60. The molecular formula is C25H26F3NO7. The number of hydrogen-bond donors (Lipinski definition) is 2. The van der Waals surface area contributed by atoms with Crippen LogP contribution in [0.15, 0.2) is 36.4 Å². The highest BCUT2D eigenvalue weighted by atomic mass is 19.4. The van der Waals surface area contributed by atoms with Gasteiger partial charge in [0.1, 0.15) is 0 Å². The Morgan fingerprint density at radius 2 is 1.81 bits per heavy atom. The molecule has 194 valence electrons. The average molecular weight is 509 g/mol. The van der Waals surface area contributed by atoms with Crippen molar-refractivity contribution in [2.75, 3.05) is 19.8 Å².